The van der Waals surface area contributed by atoms with Crippen molar-refractivity contribution in [2.75, 3.05) is 25.1 Å². The molecule has 0 aliphatic carbocycles. The fourth-order valence-electron chi connectivity index (χ4n) is 3.16. The van der Waals surface area contributed by atoms with Crippen LogP contribution in [-0.4, -0.2) is 75.0 Å². The Hall–Kier alpha value is -1.24. The molecule has 0 spiro atoms. The van der Waals surface area contributed by atoms with Gasteiger partial charge in [0.15, 0.2) is 9.84 Å². The van der Waals surface area contributed by atoms with Gasteiger partial charge < -0.3 is 16.2 Å². The molecule has 1 heterocycles. The lowest BCUT2D eigenvalue weighted by Gasteiger charge is -2.32. The van der Waals surface area contributed by atoms with E-state index in [-0.39, 0.29) is 38.8 Å². The van der Waals surface area contributed by atoms with Crippen molar-refractivity contribution in [3.05, 3.63) is 0 Å². The van der Waals surface area contributed by atoms with E-state index in [4.69, 9.17) is 17.6 Å². The average Bonchev–Trinajstić information content (AvgIpc) is 2.61. The van der Waals surface area contributed by atoms with Crippen LogP contribution in [0.2, 0.25) is 0 Å². The molecule has 0 bridgehead atoms. The molecule has 170 valence electrons. The number of primary amides is 1. The summed E-state index contributed by atoms with van der Waals surface area (Å²) < 4.78 is 63.9. The third-order valence-corrected chi connectivity index (χ3v) is 8.29. The Morgan fingerprint density at radius 3 is 2.03 bits per heavy atom. The second kappa shape index (κ2) is 10.2. The number of sulfonamides is 1. The number of esters is 1. The van der Waals surface area contributed by atoms with Crippen LogP contribution in [0.1, 0.15) is 53.7 Å². The molecule has 10 nitrogen and oxygen atoms in total. The topological polar surface area (TPSA) is 167 Å². The number of sulfone groups is 1. The summed E-state index contributed by atoms with van der Waals surface area (Å²) in [6.45, 7) is 3.70. The first-order valence-electron chi connectivity index (χ1n) is 10.1. The molecule has 1 rings (SSSR count). The fourth-order valence-corrected chi connectivity index (χ4v) is 6.13. The number of carbonyl (C=O) groups is 2. The molecule has 0 saturated carbocycles. The Kier molecular flexibility index (Phi) is 8.44. The molecule has 12 heteroatoms. The first kappa shape index (κ1) is 24.0. The molecule has 1 aliphatic heterocycles. The number of hydrogen-bond donors (Lipinski definition) is 2. The maximum atomic E-state index is 12.9. The quantitative estimate of drug-likeness (QED) is 0.310. The lowest BCUT2D eigenvalue weighted by atomic mass is 10.0. The highest BCUT2D eigenvalue weighted by molar-refractivity contribution is 7.92. The van der Waals surface area contributed by atoms with E-state index in [0.29, 0.717) is 12.8 Å². The first-order valence-corrected chi connectivity index (χ1v) is 13.1. The fraction of sp³-hybridized carbons (Fsp3) is 0.882. The summed E-state index contributed by atoms with van der Waals surface area (Å²) in [6.07, 6.45) is 1.58. The minimum atomic E-state index is -4.31. The van der Waals surface area contributed by atoms with Gasteiger partial charge in [-0.25, -0.2) is 25.9 Å². The Bertz CT molecular complexity index is 833. The molecule has 0 aromatic heterocycles. The predicted molar refractivity (Wildman–Crippen MR) is 109 cm³/mol. The number of rotatable bonds is 11. The van der Waals surface area contributed by atoms with Gasteiger partial charge >= 0.3 is 5.97 Å². The zero-order valence-electron chi connectivity index (χ0n) is 18.2. The molecule has 0 radical (unpaired) electrons. The van der Waals surface area contributed by atoms with E-state index in [9.17, 15) is 26.4 Å². The number of ether oxygens (including phenoxy) is 1. The zero-order valence-corrected chi connectivity index (χ0v) is 18.9. The van der Waals surface area contributed by atoms with E-state index in [2.05, 4.69) is 0 Å². The summed E-state index contributed by atoms with van der Waals surface area (Å²) in [5.74, 6) is -3.77. The summed E-state index contributed by atoms with van der Waals surface area (Å²) in [6, 6.07) is 0. The first-order chi connectivity index (χ1) is 13.6. The van der Waals surface area contributed by atoms with Gasteiger partial charge in [0.2, 0.25) is 21.5 Å². The molecule has 1 amide bonds. The van der Waals surface area contributed by atoms with Crippen LogP contribution in [0.3, 0.4) is 0 Å². The van der Waals surface area contributed by atoms with Crippen LogP contribution in [0.25, 0.3) is 0 Å². The average molecular weight is 457 g/mol. The number of nitrogens with two attached hydrogens (primary N) is 2. The molecule has 29 heavy (non-hydrogen) atoms. The van der Waals surface area contributed by atoms with Gasteiger partial charge in [-0.05, 0) is 25.7 Å². The molecular weight excluding hydrogens is 422 g/mol. The smallest absolute Gasteiger partial charge is 0.337 e. The summed E-state index contributed by atoms with van der Waals surface area (Å²) in [4.78, 5) is 24.7. The van der Waals surface area contributed by atoms with E-state index >= 15 is 0 Å². The van der Waals surface area contributed by atoms with Crippen molar-refractivity contribution in [3.63, 3.8) is 0 Å². The third kappa shape index (κ3) is 6.90. The second-order valence-electron chi connectivity index (χ2n) is 7.40. The van der Waals surface area contributed by atoms with Crippen LogP contribution >= 0.6 is 0 Å². The van der Waals surface area contributed by atoms with Crippen molar-refractivity contribution in [2.24, 2.45) is 11.5 Å². The number of nitrogens with zero attached hydrogens (tertiary/aromatic N) is 1. The van der Waals surface area contributed by atoms with Gasteiger partial charge in [-0.2, -0.15) is 0 Å². The van der Waals surface area contributed by atoms with Crippen molar-refractivity contribution in [2.45, 2.75) is 69.2 Å². The predicted octanol–water partition coefficient (Wildman–Crippen LogP) is -0.480. The Labute approximate surface area is 174 Å². The number of piperidine rings is 1. The Morgan fingerprint density at radius 1 is 1.17 bits per heavy atom. The number of carbonyl (C=O) groups excluding carboxylic acids is 2. The molecule has 1 atom stereocenters. The van der Waals surface area contributed by atoms with Gasteiger partial charge in [0.05, 0.1) is 17.2 Å². The summed E-state index contributed by atoms with van der Waals surface area (Å²) in [5, 5.41) is -1.89. The van der Waals surface area contributed by atoms with Crippen LogP contribution in [-0.2, 0) is 34.2 Å². The van der Waals surface area contributed by atoms with Gasteiger partial charge in [0.1, 0.15) is 6.10 Å². The molecule has 1 saturated heterocycles. The van der Waals surface area contributed by atoms with Gasteiger partial charge in [0.25, 0.3) is 0 Å². The van der Waals surface area contributed by atoms with E-state index in [1.165, 1.54) is 4.31 Å². The van der Waals surface area contributed by atoms with E-state index in [1.807, 2.05) is 0 Å². The minimum Gasteiger partial charge on any atom is -0.460 e. The van der Waals surface area contributed by atoms with Crippen molar-refractivity contribution >= 4 is 31.7 Å². The summed E-state index contributed by atoms with van der Waals surface area (Å²) in [7, 11) is -7.69. The van der Waals surface area contributed by atoms with Crippen LogP contribution in [0, 0.1) is 0 Å². The van der Waals surface area contributed by atoms with Crippen molar-refractivity contribution in [1.29, 1.82) is 0 Å². The minimum absolute atomic E-state index is 0.0248. The SMILES string of the molecule is [2H]C(CCC)(CCC)S(=O)(=O)C[C@](N)(C(N)=O)C(=O)OC1CCN(S(C)(=O)=O)CC1. The van der Waals surface area contributed by atoms with Gasteiger partial charge in [-0.3, -0.25) is 4.79 Å². The standard InChI is InChI=1S/C17H33N3O7S2/c1-4-6-14(7-5-2)29(25,26)12-17(19,15(18)21)16(22)27-13-8-10-20(11-9-13)28(3,23)24/h13-14H,4-12,19H2,1-3H3,(H2,18,21)/t17-/m0/s1/i14D. The molecule has 0 unspecified atom stereocenters. The lowest BCUT2D eigenvalue weighted by Crippen LogP contribution is -2.64. The van der Waals surface area contributed by atoms with E-state index in [0.717, 1.165) is 6.26 Å². The van der Waals surface area contributed by atoms with Crippen LogP contribution in [0.15, 0.2) is 0 Å². The monoisotopic (exact) mass is 456 g/mol. The molecule has 0 aromatic rings. The van der Waals surface area contributed by atoms with Crippen LogP contribution in [0.4, 0.5) is 0 Å². The number of hydrogen-bond acceptors (Lipinski definition) is 8. The Balaban J connectivity index is 3.01. The highest BCUT2D eigenvalue weighted by atomic mass is 32.2. The van der Waals surface area contributed by atoms with Gasteiger partial charge in [-0.15, -0.1) is 0 Å². The van der Waals surface area contributed by atoms with Gasteiger partial charge in [0, 0.05) is 14.5 Å². The maximum absolute atomic E-state index is 12.9. The highest BCUT2D eigenvalue weighted by Crippen LogP contribution is 2.22. The van der Waals surface area contributed by atoms with Crippen molar-refractivity contribution in [1.82, 2.24) is 4.31 Å². The summed E-state index contributed by atoms with van der Waals surface area (Å²) in [5.41, 5.74) is 8.49. The molecule has 4 N–H and O–H groups in total. The molecule has 1 fully saturated rings. The molecular formula is C17H33N3O7S2. The van der Waals surface area contributed by atoms with Crippen molar-refractivity contribution < 1.29 is 32.5 Å². The second-order valence-corrected chi connectivity index (χ2v) is 11.5. The molecule has 0 aromatic carbocycles. The largest absolute Gasteiger partial charge is 0.460 e. The van der Waals surface area contributed by atoms with E-state index in [1.54, 1.807) is 13.8 Å². The summed E-state index contributed by atoms with van der Waals surface area (Å²) >= 11 is 0. The normalized spacial score (nSPS) is 19.9. The van der Waals surface area contributed by atoms with Crippen molar-refractivity contribution in [3.8, 4) is 0 Å². The Morgan fingerprint density at radius 2 is 1.66 bits per heavy atom. The molecule has 1 aliphatic rings. The maximum Gasteiger partial charge on any atom is 0.337 e. The lowest BCUT2D eigenvalue weighted by molar-refractivity contribution is -0.159. The zero-order chi connectivity index (χ0) is 23.4. The third-order valence-electron chi connectivity index (χ3n) is 4.86. The van der Waals surface area contributed by atoms with E-state index < -0.39 is 54.4 Å². The van der Waals surface area contributed by atoms with Crippen LogP contribution < -0.4 is 11.5 Å². The highest BCUT2D eigenvalue weighted by Gasteiger charge is 2.48. The number of amides is 1. The van der Waals surface area contributed by atoms with Crippen LogP contribution in [0.5, 0.6) is 0 Å². The van der Waals surface area contributed by atoms with Gasteiger partial charge in [-0.1, -0.05) is 26.7 Å².